The Kier molecular flexibility index (Phi) is 3.65. The summed E-state index contributed by atoms with van der Waals surface area (Å²) >= 11 is 0. The van der Waals surface area contributed by atoms with E-state index in [4.69, 9.17) is 0 Å². The first-order chi connectivity index (χ1) is 11.0. The molecule has 1 amide bonds. The first-order valence-electron chi connectivity index (χ1n) is 7.18. The maximum atomic E-state index is 12.1. The van der Waals surface area contributed by atoms with E-state index in [9.17, 15) is 9.59 Å². The molecular formula is C15H16N6O2. The molecule has 0 saturated carbocycles. The molecule has 1 N–H and O–H groups in total. The van der Waals surface area contributed by atoms with Crippen molar-refractivity contribution < 1.29 is 4.79 Å². The van der Waals surface area contributed by atoms with Gasteiger partial charge in [0.15, 0.2) is 5.82 Å². The Morgan fingerprint density at radius 2 is 2.09 bits per heavy atom. The number of pyridine rings is 1. The monoisotopic (exact) mass is 312 g/mol. The van der Waals surface area contributed by atoms with Crippen molar-refractivity contribution in [3.63, 3.8) is 0 Å². The molecule has 0 atom stereocenters. The molecule has 8 nitrogen and oxygen atoms in total. The minimum Gasteiger partial charge on any atom is -0.320 e. The van der Waals surface area contributed by atoms with Gasteiger partial charge in [-0.15, -0.1) is 5.10 Å². The predicted octanol–water partition coefficient (Wildman–Crippen LogP) is 1.49. The highest BCUT2D eigenvalue weighted by atomic mass is 16.2. The van der Waals surface area contributed by atoms with Crippen LogP contribution in [0.4, 0.5) is 5.69 Å². The zero-order valence-electron chi connectivity index (χ0n) is 13.0. The summed E-state index contributed by atoms with van der Waals surface area (Å²) in [5.41, 5.74) is 0.269. The van der Waals surface area contributed by atoms with Crippen molar-refractivity contribution in [1.29, 1.82) is 0 Å². The molecule has 0 spiro atoms. The van der Waals surface area contributed by atoms with Gasteiger partial charge >= 0.3 is 0 Å². The summed E-state index contributed by atoms with van der Waals surface area (Å²) in [6, 6.07) is 5.56. The van der Waals surface area contributed by atoms with Gasteiger partial charge in [0.25, 0.3) is 5.56 Å². The number of rotatable bonds is 3. The lowest BCUT2D eigenvalue weighted by molar-refractivity contribution is -0.114. The second-order valence-electron chi connectivity index (χ2n) is 5.39. The van der Waals surface area contributed by atoms with Crippen LogP contribution in [0.2, 0.25) is 0 Å². The number of hydrogen-bond acceptors (Lipinski definition) is 5. The molecule has 0 saturated heterocycles. The first-order valence-corrected chi connectivity index (χ1v) is 7.18. The standard InChI is InChI=1S/C15H16N6O2/c1-9(2)21-13(11-6-4-5-7-16-11)19-20-8-12(17-10(3)22)14(23)18-15(20)21/h4-9H,1-3H3,(H,17,22). The van der Waals surface area contributed by atoms with Crippen molar-refractivity contribution in [2.24, 2.45) is 0 Å². The molecule has 0 bridgehead atoms. The smallest absolute Gasteiger partial charge is 0.298 e. The van der Waals surface area contributed by atoms with Crippen LogP contribution in [0.5, 0.6) is 0 Å². The van der Waals surface area contributed by atoms with Gasteiger partial charge < -0.3 is 5.32 Å². The fraction of sp³-hybridized carbons (Fsp3) is 0.267. The van der Waals surface area contributed by atoms with Crippen molar-refractivity contribution in [3.8, 4) is 11.5 Å². The minimum absolute atomic E-state index is 0.0306. The lowest BCUT2D eigenvalue weighted by Gasteiger charge is -2.10. The largest absolute Gasteiger partial charge is 0.320 e. The second kappa shape index (κ2) is 5.64. The Hall–Kier alpha value is -3.03. The molecule has 3 aromatic heterocycles. The predicted molar refractivity (Wildman–Crippen MR) is 85.2 cm³/mol. The molecule has 118 valence electrons. The first kappa shape index (κ1) is 14.9. The summed E-state index contributed by atoms with van der Waals surface area (Å²) in [7, 11) is 0. The molecule has 0 aliphatic carbocycles. The SMILES string of the molecule is CC(=O)Nc1cn2nc(-c3ccccn3)n(C(C)C)c2nc1=O. The Bertz CT molecular complexity index is 926. The van der Waals surface area contributed by atoms with Gasteiger partial charge in [0.2, 0.25) is 11.7 Å². The van der Waals surface area contributed by atoms with E-state index in [1.54, 1.807) is 6.20 Å². The third kappa shape index (κ3) is 2.70. The quantitative estimate of drug-likeness (QED) is 0.790. The third-order valence-electron chi connectivity index (χ3n) is 3.26. The molecule has 3 rings (SSSR count). The minimum atomic E-state index is -0.505. The van der Waals surface area contributed by atoms with Gasteiger partial charge in [0, 0.05) is 19.2 Å². The highest BCUT2D eigenvalue weighted by Gasteiger charge is 2.18. The van der Waals surface area contributed by atoms with Crippen molar-refractivity contribution in [2.45, 2.75) is 26.8 Å². The van der Waals surface area contributed by atoms with E-state index >= 15 is 0 Å². The van der Waals surface area contributed by atoms with Crippen LogP contribution < -0.4 is 10.9 Å². The molecule has 8 heteroatoms. The number of carbonyl (C=O) groups excluding carboxylic acids is 1. The molecular weight excluding hydrogens is 296 g/mol. The fourth-order valence-electron chi connectivity index (χ4n) is 2.34. The van der Waals surface area contributed by atoms with Gasteiger partial charge in [-0.05, 0) is 26.0 Å². The number of carbonyl (C=O) groups is 1. The van der Waals surface area contributed by atoms with Crippen LogP contribution in [0.1, 0.15) is 26.8 Å². The van der Waals surface area contributed by atoms with E-state index in [1.807, 2.05) is 36.6 Å². The summed E-state index contributed by atoms with van der Waals surface area (Å²) in [5, 5.41) is 6.94. The summed E-state index contributed by atoms with van der Waals surface area (Å²) in [4.78, 5) is 31.6. The maximum absolute atomic E-state index is 12.1. The Morgan fingerprint density at radius 3 is 2.70 bits per heavy atom. The molecule has 0 unspecified atom stereocenters. The Balaban J connectivity index is 2.28. The number of aromatic nitrogens is 5. The lowest BCUT2D eigenvalue weighted by atomic mass is 10.3. The highest BCUT2D eigenvalue weighted by molar-refractivity contribution is 5.88. The van der Waals surface area contributed by atoms with Crippen LogP contribution in [0.25, 0.3) is 17.3 Å². The van der Waals surface area contributed by atoms with Crippen LogP contribution in [-0.2, 0) is 4.79 Å². The molecule has 3 heterocycles. The number of nitrogens with zero attached hydrogens (tertiary/aromatic N) is 5. The van der Waals surface area contributed by atoms with Crippen LogP contribution in [0.15, 0.2) is 35.4 Å². The number of fused-ring (bicyclic) bond motifs is 1. The molecule has 0 radical (unpaired) electrons. The number of nitrogens with one attached hydrogen (secondary N) is 1. The van der Waals surface area contributed by atoms with E-state index < -0.39 is 5.56 Å². The van der Waals surface area contributed by atoms with Gasteiger partial charge in [0.05, 0.1) is 6.20 Å². The highest BCUT2D eigenvalue weighted by Crippen LogP contribution is 2.21. The second-order valence-corrected chi connectivity index (χ2v) is 5.39. The normalized spacial score (nSPS) is 11.1. The van der Waals surface area contributed by atoms with E-state index in [0.717, 1.165) is 0 Å². The van der Waals surface area contributed by atoms with Crippen molar-refractivity contribution >= 4 is 17.4 Å². The number of anilines is 1. The fourth-order valence-corrected chi connectivity index (χ4v) is 2.34. The van der Waals surface area contributed by atoms with E-state index in [1.165, 1.54) is 17.6 Å². The average Bonchev–Trinajstić information content (AvgIpc) is 2.86. The molecule has 0 fully saturated rings. The van der Waals surface area contributed by atoms with Gasteiger partial charge in [-0.1, -0.05) is 6.07 Å². The van der Waals surface area contributed by atoms with E-state index in [0.29, 0.717) is 17.3 Å². The van der Waals surface area contributed by atoms with Gasteiger partial charge in [-0.3, -0.25) is 19.1 Å². The molecule has 0 aromatic carbocycles. The van der Waals surface area contributed by atoms with Crippen LogP contribution in [0, 0.1) is 0 Å². The summed E-state index contributed by atoms with van der Waals surface area (Å²) in [5.74, 6) is 0.671. The van der Waals surface area contributed by atoms with Gasteiger partial charge in [0.1, 0.15) is 11.4 Å². The molecule has 3 aromatic rings. The summed E-state index contributed by atoms with van der Waals surface area (Å²) in [6.45, 7) is 5.28. The van der Waals surface area contributed by atoms with Gasteiger partial charge in [-0.25, -0.2) is 4.52 Å². The zero-order valence-corrected chi connectivity index (χ0v) is 13.0. The van der Waals surface area contributed by atoms with E-state index in [2.05, 4.69) is 20.4 Å². The van der Waals surface area contributed by atoms with Crippen LogP contribution in [0.3, 0.4) is 0 Å². The number of amides is 1. The molecule has 0 aliphatic rings. The average molecular weight is 312 g/mol. The Morgan fingerprint density at radius 1 is 1.30 bits per heavy atom. The van der Waals surface area contributed by atoms with Crippen molar-refractivity contribution in [2.75, 3.05) is 5.32 Å². The zero-order chi connectivity index (χ0) is 16.6. The number of hydrogen-bond donors (Lipinski definition) is 1. The molecule has 23 heavy (non-hydrogen) atoms. The lowest BCUT2D eigenvalue weighted by Crippen LogP contribution is -2.20. The summed E-state index contributed by atoms with van der Waals surface area (Å²) in [6.07, 6.45) is 3.15. The maximum Gasteiger partial charge on any atom is 0.298 e. The van der Waals surface area contributed by atoms with Crippen molar-refractivity contribution in [3.05, 3.63) is 40.9 Å². The van der Waals surface area contributed by atoms with E-state index in [-0.39, 0.29) is 17.6 Å². The topological polar surface area (TPSA) is 94.2 Å². The van der Waals surface area contributed by atoms with Gasteiger partial charge in [-0.2, -0.15) is 4.98 Å². The third-order valence-corrected chi connectivity index (χ3v) is 3.26. The molecule has 0 aliphatic heterocycles. The van der Waals surface area contributed by atoms with Crippen molar-refractivity contribution in [1.82, 2.24) is 24.1 Å². The summed E-state index contributed by atoms with van der Waals surface area (Å²) < 4.78 is 3.32. The Labute approximate surface area is 131 Å². The van der Waals surface area contributed by atoms with Crippen LogP contribution in [-0.4, -0.2) is 30.1 Å². The van der Waals surface area contributed by atoms with Crippen LogP contribution >= 0.6 is 0 Å².